The smallest absolute Gasteiger partial charge is 0.222 e. The maximum Gasteiger partial charge on any atom is 0.222 e. The van der Waals surface area contributed by atoms with Crippen molar-refractivity contribution in [3.8, 4) is 0 Å². The van der Waals surface area contributed by atoms with Gasteiger partial charge in [0, 0.05) is 45.2 Å². The molecule has 0 bridgehead atoms. The third kappa shape index (κ3) is 5.18. The average molecular weight is 355 g/mol. The van der Waals surface area contributed by atoms with Crippen molar-refractivity contribution in [3.05, 3.63) is 52.9 Å². The second-order valence-electron chi connectivity index (χ2n) is 7.11. The Morgan fingerprint density at radius 2 is 1.88 bits per heavy atom. The number of carbonyl (C=O) groups is 1. The van der Waals surface area contributed by atoms with Crippen molar-refractivity contribution in [2.24, 2.45) is 0 Å². The Labute approximate surface area is 156 Å². The fourth-order valence-corrected chi connectivity index (χ4v) is 3.45. The highest BCUT2D eigenvalue weighted by Crippen LogP contribution is 2.12. The summed E-state index contributed by atoms with van der Waals surface area (Å²) in [7, 11) is 0. The SMILES string of the molecule is CCc1ccc(CCC(=O)N2CCCN(Cc3cc(C)on3)CC2)cc1. The second kappa shape index (κ2) is 8.99. The predicted octanol–water partition coefficient (Wildman–Crippen LogP) is 3.21. The van der Waals surface area contributed by atoms with Gasteiger partial charge in [0.1, 0.15) is 5.76 Å². The van der Waals surface area contributed by atoms with Gasteiger partial charge in [-0.3, -0.25) is 9.69 Å². The molecule has 1 aliphatic rings. The first-order valence-electron chi connectivity index (χ1n) is 9.64. The van der Waals surface area contributed by atoms with E-state index in [1.54, 1.807) is 0 Å². The molecule has 0 N–H and O–H groups in total. The molecule has 0 atom stereocenters. The zero-order chi connectivity index (χ0) is 18.4. The molecular formula is C21H29N3O2. The van der Waals surface area contributed by atoms with Crippen LogP contribution in [-0.2, 0) is 24.2 Å². The van der Waals surface area contributed by atoms with Crippen molar-refractivity contribution in [2.75, 3.05) is 26.2 Å². The molecule has 1 aromatic heterocycles. The summed E-state index contributed by atoms with van der Waals surface area (Å²) in [6.45, 7) is 8.40. The normalized spacial score (nSPS) is 15.8. The first-order valence-corrected chi connectivity index (χ1v) is 9.64. The van der Waals surface area contributed by atoms with Crippen LogP contribution in [0.5, 0.6) is 0 Å². The van der Waals surface area contributed by atoms with E-state index in [-0.39, 0.29) is 5.91 Å². The highest BCUT2D eigenvalue weighted by atomic mass is 16.5. The quantitative estimate of drug-likeness (QED) is 0.798. The highest BCUT2D eigenvalue weighted by molar-refractivity contribution is 5.76. The van der Waals surface area contributed by atoms with E-state index in [1.807, 2.05) is 17.9 Å². The third-order valence-electron chi connectivity index (χ3n) is 5.06. The average Bonchev–Trinajstić information content (AvgIpc) is 2.92. The summed E-state index contributed by atoms with van der Waals surface area (Å²) in [5, 5.41) is 4.07. The molecular weight excluding hydrogens is 326 g/mol. The summed E-state index contributed by atoms with van der Waals surface area (Å²) in [6, 6.07) is 10.6. The van der Waals surface area contributed by atoms with E-state index in [1.165, 1.54) is 11.1 Å². The molecule has 0 spiro atoms. The minimum Gasteiger partial charge on any atom is -0.361 e. The van der Waals surface area contributed by atoms with Crippen LogP contribution < -0.4 is 0 Å². The Kier molecular flexibility index (Phi) is 6.45. The summed E-state index contributed by atoms with van der Waals surface area (Å²) in [5.41, 5.74) is 3.56. The lowest BCUT2D eigenvalue weighted by atomic mass is 10.1. The van der Waals surface area contributed by atoms with Gasteiger partial charge in [-0.2, -0.15) is 0 Å². The van der Waals surface area contributed by atoms with E-state index in [0.29, 0.717) is 6.42 Å². The molecule has 1 saturated heterocycles. The zero-order valence-corrected chi connectivity index (χ0v) is 15.9. The van der Waals surface area contributed by atoms with Gasteiger partial charge in [0.05, 0.1) is 5.69 Å². The molecule has 140 valence electrons. The topological polar surface area (TPSA) is 49.6 Å². The molecule has 1 fully saturated rings. The van der Waals surface area contributed by atoms with Crippen LogP contribution in [0.2, 0.25) is 0 Å². The molecule has 0 unspecified atom stereocenters. The lowest BCUT2D eigenvalue weighted by Gasteiger charge is -2.21. The number of rotatable bonds is 6. The maximum absolute atomic E-state index is 12.6. The van der Waals surface area contributed by atoms with Gasteiger partial charge in [0.15, 0.2) is 0 Å². The van der Waals surface area contributed by atoms with Gasteiger partial charge in [0.2, 0.25) is 5.91 Å². The van der Waals surface area contributed by atoms with E-state index in [0.717, 1.165) is 63.4 Å². The molecule has 0 aliphatic carbocycles. The lowest BCUT2D eigenvalue weighted by Crippen LogP contribution is -2.35. The minimum atomic E-state index is 0.267. The Morgan fingerprint density at radius 3 is 2.58 bits per heavy atom. The summed E-state index contributed by atoms with van der Waals surface area (Å²) in [5.74, 6) is 1.11. The number of hydrogen-bond donors (Lipinski definition) is 0. The lowest BCUT2D eigenvalue weighted by molar-refractivity contribution is -0.131. The van der Waals surface area contributed by atoms with E-state index in [4.69, 9.17) is 4.52 Å². The Hall–Kier alpha value is -2.14. The first-order chi connectivity index (χ1) is 12.6. The number of benzene rings is 1. The van der Waals surface area contributed by atoms with Crippen LogP contribution in [0.4, 0.5) is 0 Å². The van der Waals surface area contributed by atoms with E-state index in [9.17, 15) is 4.79 Å². The minimum absolute atomic E-state index is 0.267. The maximum atomic E-state index is 12.6. The van der Waals surface area contributed by atoms with Gasteiger partial charge in [0.25, 0.3) is 0 Å². The van der Waals surface area contributed by atoms with Crippen LogP contribution >= 0.6 is 0 Å². The number of hydrogen-bond acceptors (Lipinski definition) is 4. The predicted molar refractivity (Wildman–Crippen MR) is 102 cm³/mol. The third-order valence-corrected chi connectivity index (χ3v) is 5.06. The van der Waals surface area contributed by atoms with Gasteiger partial charge in [-0.25, -0.2) is 0 Å². The van der Waals surface area contributed by atoms with Crippen LogP contribution in [0, 0.1) is 6.92 Å². The van der Waals surface area contributed by atoms with Crippen LogP contribution in [0.25, 0.3) is 0 Å². The van der Waals surface area contributed by atoms with Crippen molar-refractivity contribution >= 4 is 5.91 Å². The molecule has 26 heavy (non-hydrogen) atoms. The number of amides is 1. The van der Waals surface area contributed by atoms with Gasteiger partial charge < -0.3 is 9.42 Å². The van der Waals surface area contributed by atoms with Crippen molar-refractivity contribution in [1.29, 1.82) is 0 Å². The largest absolute Gasteiger partial charge is 0.361 e. The summed E-state index contributed by atoms with van der Waals surface area (Å²) >= 11 is 0. The van der Waals surface area contributed by atoms with Crippen LogP contribution in [-0.4, -0.2) is 47.0 Å². The number of aryl methyl sites for hydroxylation is 3. The molecule has 3 rings (SSSR count). The highest BCUT2D eigenvalue weighted by Gasteiger charge is 2.19. The van der Waals surface area contributed by atoms with E-state index >= 15 is 0 Å². The fraction of sp³-hybridized carbons (Fsp3) is 0.524. The second-order valence-corrected chi connectivity index (χ2v) is 7.11. The van der Waals surface area contributed by atoms with Crippen molar-refractivity contribution < 1.29 is 9.32 Å². The Balaban J connectivity index is 1.46. The molecule has 2 aromatic rings. The van der Waals surface area contributed by atoms with Gasteiger partial charge in [-0.05, 0) is 37.3 Å². The van der Waals surface area contributed by atoms with Crippen LogP contribution in [0.15, 0.2) is 34.9 Å². The van der Waals surface area contributed by atoms with Crippen molar-refractivity contribution in [2.45, 2.75) is 46.1 Å². The van der Waals surface area contributed by atoms with E-state index in [2.05, 4.69) is 41.2 Å². The van der Waals surface area contributed by atoms with Gasteiger partial charge in [-0.1, -0.05) is 36.3 Å². The first kappa shape index (κ1) is 18.6. The Morgan fingerprint density at radius 1 is 1.12 bits per heavy atom. The summed E-state index contributed by atoms with van der Waals surface area (Å²) in [4.78, 5) is 17.0. The molecule has 1 amide bonds. The molecule has 0 radical (unpaired) electrons. The Bertz CT molecular complexity index is 708. The number of carbonyl (C=O) groups excluding carboxylic acids is 1. The molecule has 5 nitrogen and oxygen atoms in total. The fourth-order valence-electron chi connectivity index (χ4n) is 3.45. The van der Waals surface area contributed by atoms with Crippen LogP contribution in [0.1, 0.15) is 42.3 Å². The zero-order valence-electron chi connectivity index (χ0n) is 15.9. The summed E-state index contributed by atoms with van der Waals surface area (Å²) in [6.07, 6.45) is 3.47. The molecule has 2 heterocycles. The molecule has 5 heteroatoms. The molecule has 0 saturated carbocycles. The van der Waals surface area contributed by atoms with Gasteiger partial charge >= 0.3 is 0 Å². The molecule has 1 aliphatic heterocycles. The van der Waals surface area contributed by atoms with Crippen molar-refractivity contribution in [3.63, 3.8) is 0 Å². The monoisotopic (exact) mass is 355 g/mol. The number of aromatic nitrogens is 1. The van der Waals surface area contributed by atoms with Gasteiger partial charge in [-0.15, -0.1) is 0 Å². The summed E-state index contributed by atoms with van der Waals surface area (Å²) < 4.78 is 5.14. The van der Waals surface area contributed by atoms with Crippen molar-refractivity contribution in [1.82, 2.24) is 15.0 Å². The standard InChI is InChI=1S/C21H29N3O2/c1-3-18-5-7-19(8-6-18)9-10-21(25)24-12-4-11-23(13-14-24)16-20-15-17(2)26-22-20/h5-8,15H,3-4,9-14,16H2,1-2H3. The van der Waals surface area contributed by atoms with E-state index < -0.39 is 0 Å². The van der Waals surface area contributed by atoms with Crippen LogP contribution in [0.3, 0.4) is 0 Å². The number of nitrogens with zero attached hydrogens (tertiary/aromatic N) is 3. The molecule has 1 aromatic carbocycles.